The van der Waals surface area contributed by atoms with Crippen LogP contribution in [0, 0.1) is 11.8 Å². The fourth-order valence-corrected chi connectivity index (χ4v) is 4.66. The fraction of sp³-hybridized carbons (Fsp3) is 0.481. The Hall–Kier alpha value is -3.04. The molecule has 2 amide bonds. The zero-order valence-electron chi connectivity index (χ0n) is 21.6. The summed E-state index contributed by atoms with van der Waals surface area (Å²) in [6, 6.07) is 13.4. The molecular formula is C27H37BN2O6. The molecule has 8 nitrogen and oxygen atoms in total. The molecule has 3 rings (SSSR count). The predicted molar refractivity (Wildman–Crippen MR) is 138 cm³/mol. The minimum Gasteiger partial charge on any atom is -0.493 e. The second-order valence-corrected chi connectivity index (χ2v) is 9.79. The first-order valence-electron chi connectivity index (χ1n) is 12.4. The molecule has 0 aliphatic carbocycles. The van der Waals surface area contributed by atoms with E-state index >= 15 is 0 Å². The number of carbonyl (C=O) groups excluding carboxylic acids is 2. The number of benzene rings is 2. The van der Waals surface area contributed by atoms with Gasteiger partial charge in [-0.3, -0.25) is 9.59 Å². The van der Waals surface area contributed by atoms with Gasteiger partial charge in [0.15, 0.2) is 11.5 Å². The van der Waals surface area contributed by atoms with Gasteiger partial charge in [-0.15, -0.1) is 0 Å². The van der Waals surface area contributed by atoms with E-state index in [4.69, 9.17) is 9.47 Å². The number of nitrogens with zero attached hydrogens (tertiary/aromatic N) is 1. The summed E-state index contributed by atoms with van der Waals surface area (Å²) in [6.45, 7) is 4.88. The zero-order chi connectivity index (χ0) is 26.2. The lowest BCUT2D eigenvalue weighted by Gasteiger charge is -2.31. The quantitative estimate of drug-likeness (QED) is 0.413. The lowest BCUT2D eigenvalue weighted by atomic mass is 9.74. The Morgan fingerprint density at radius 2 is 1.69 bits per heavy atom. The standard InChI is InChI=1S/C27H37BN2O6/c1-18(2)12-25(28(33)34)29-27(32)21(13-19-8-6-5-7-9-19)16-26(31)30-11-10-20-14-23(35-3)24(36-4)15-22(20)17-30/h5-9,14-15,18,21,25,33-34H,10-13,16-17H2,1-4H3,(H,29,32)/t21-,25+/m1/s1. The summed E-state index contributed by atoms with van der Waals surface area (Å²) in [6.07, 6.45) is 1.51. The van der Waals surface area contributed by atoms with Gasteiger partial charge in [0, 0.05) is 19.5 Å². The highest BCUT2D eigenvalue weighted by Gasteiger charge is 2.32. The van der Waals surface area contributed by atoms with Crippen molar-refractivity contribution >= 4 is 18.9 Å². The molecule has 0 saturated carbocycles. The van der Waals surface area contributed by atoms with Crippen molar-refractivity contribution in [2.75, 3.05) is 20.8 Å². The number of methoxy groups -OCH3 is 2. The Bertz CT molecular complexity index is 1030. The number of amides is 2. The predicted octanol–water partition coefficient (Wildman–Crippen LogP) is 2.38. The van der Waals surface area contributed by atoms with E-state index in [-0.39, 0.29) is 24.2 Å². The van der Waals surface area contributed by atoms with Crippen LogP contribution in [0.3, 0.4) is 0 Å². The maximum atomic E-state index is 13.4. The topological polar surface area (TPSA) is 108 Å². The molecule has 0 bridgehead atoms. The lowest BCUT2D eigenvalue weighted by molar-refractivity contribution is -0.137. The van der Waals surface area contributed by atoms with Crippen LogP contribution in [-0.4, -0.2) is 60.6 Å². The van der Waals surface area contributed by atoms with Crippen molar-refractivity contribution in [1.29, 1.82) is 0 Å². The van der Waals surface area contributed by atoms with Crippen molar-refractivity contribution in [3.63, 3.8) is 0 Å². The summed E-state index contributed by atoms with van der Waals surface area (Å²) < 4.78 is 10.8. The molecule has 3 N–H and O–H groups in total. The third-order valence-corrected chi connectivity index (χ3v) is 6.60. The smallest absolute Gasteiger partial charge is 0.475 e. The van der Waals surface area contributed by atoms with E-state index in [1.807, 2.05) is 56.3 Å². The molecule has 9 heteroatoms. The van der Waals surface area contributed by atoms with E-state index in [1.165, 1.54) is 0 Å². The van der Waals surface area contributed by atoms with Crippen molar-refractivity contribution in [1.82, 2.24) is 10.2 Å². The molecule has 0 spiro atoms. The summed E-state index contributed by atoms with van der Waals surface area (Å²) in [7, 11) is 1.51. The maximum Gasteiger partial charge on any atom is 0.475 e. The minimum absolute atomic E-state index is 0.0271. The van der Waals surface area contributed by atoms with Gasteiger partial charge in [0.1, 0.15) is 0 Å². The molecule has 2 aromatic rings. The highest BCUT2D eigenvalue weighted by molar-refractivity contribution is 6.43. The average molecular weight is 496 g/mol. The number of hydrogen-bond acceptors (Lipinski definition) is 6. The Labute approximate surface area is 213 Å². The van der Waals surface area contributed by atoms with E-state index in [0.29, 0.717) is 43.9 Å². The van der Waals surface area contributed by atoms with Gasteiger partial charge < -0.3 is 29.7 Å². The largest absolute Gasteiger partial charge is 0.493 e. The second kappa shape index (κ2) is 12.8. The first-order valence-corrected chi connectivity index (χ1v) is 12.4. The van der Waals surface area contributed by atoms with Crippen molar-refractivity contribution in [2.45, 2.75) is 52.0 Å². The third kappa shape index (κ3) is 7.24. The van der Waals surface area contributed by atoms with Gasteiger partial charge >= 0.3 is 7.12 Å². The molecule has 1 aliphatic heterocycles. The third-order valence-electron chi connectivity index (χ3n) is 6.60. The molecular weight excluding hydrogens is 459 g/mol. The Kier molecular flexibility index (Phi) is 9.78. The van der Waals surface area contributed by atoms with Crippen molar-refractivity contribution in [3.05, 3.63) is 59.2 Å². The molecule has 1 aliphatic rings. The van der Waals surface area contributed by atoms with Crippen LogP contribution in [0.5, 0.6) is 11.5 Å². The van der Waals surface area contributed by atoms with E-state index in [9.17, 15) is 19.6 Å². The molecule has 0 unspecified atom stereocenters. The van der Waals surface area contributed by atoms with Gasteiger partial charge in [0.25, 0.3) is 0 Å². The van der Waals surface area contributed by atoms with Crippen LogP contribution >= 0.6 is 0 Å². The van der Waals surface area contributed by atoms with E-state index in [2.05, 4.69) is 5.32 Å². The van der Waals surface area contributed by atoms with Gasteiger partial charge in [0.05, 0.1) is 26.1 Å². The van der Waals surface area contributed by atoms with Crippen LogP contribution < -0.4 is 14.8 Å². The number of hydrogen-bond donors (Lipinski definition) is 3. The summed E-state index contributed by atoms with van der Waals surface area (Å²) in [5.41, 5.74) is 3.05. The highest BCUT2D eigenvalue weighted by atomic mass is 16.5. The van der Waals surface area contributed by atoms with E-state index in [0.717, 1.165) is 16.7 Å². The van der Waals surface area contributed by atoms with Crippen molar-refractivity contribution in [3.8, 4) is 11.5 Å². The van der Waals surface area contributed by atoms with Crippen LogP contribution in [0.2, 0.25) is 0 Å². The first-order chi connectivity index (χ1) is 17.2. The van der Waals surface area contributed by atoms with Crippen LogP contribution in [0.15, 0.2) is 42.5 Å². The SMILES string of the molecule is COc1cc2c(cc1OC)CN(C(=O)C[C@@H](Cc1ccccc1)C(=O)N[C@@H](CC(C)C)B(O)O)CC2. The fourth-order valence-electron chi connectivity index (χ4n) is 4.66. The normalized spacial score (nSPS) is 14.6. The molecule has 2 atom stereocenters. The molecule has 1 heterocycles. The average Bonchev–Trinajstić information content (AvgIpc) is 2.86. The van der Waals surface area contributed by atoms with Gasteiger partial charge in [-0.05, 0) is 54.0 Å². The van der Waals surface area contributed by atoms with Gasteiger partial charge in [-0.2, -0.15) is 0 Å². The Balaban J connectivity index is 1.76. The Morgan fingerprint density at radius 3 is 2.28 bits per heavy atom. The molecule has 0 fully saturated rings. The van der Waals surface area contributed by atoms with Gasteiger partial charge in [-0.1, -0.05) is 44.2 Å². The van der Waals surface area contributed by atoms with Crippen LogP contribution in [0.4, 0.5) is 0 Å². The minimum atomic E-state index is -1.67. The Morgan fingerprint density at radius 1 is 1.06 bits per heavy atom. The van der Waals surface area contributed by atoms with Crippen molar-refractivity contribution in [2.24, 2.45) is 11.8 Å². The van der Waals surface area contributed by atoms with E-state index in [1.54, 1.807) is 19.1 Å². The van der Waals surface area contributed by atoms with Crippen LogP contribution in [-0.2, 0) is 29.0 Å². The summed E-state index contributed by atoms with van der Waals surface area (Å²) in [5, 5.41) is 22.4. The molecule has 0 saturated heterocycles. The summed E-state index contributed by atoms with van der Waals surface area (Å²) >= 11 is 0. The molecule has 194 valence electrons. The van der Waals surface area contributed by atoms with Crippen LogP contribution in [0.1, 0.15) is 43.4 Å². The highest BCUT2D eigenvalue weighted by Crippen LogP contribution is 2.33. The number of nitrogens with one attached hydrogen (secondary N) is 1. The first kappa shape index (κ1) is 27.6. The number of fused-ring (bicyclic) bond motifs is 1. The second-order valence-electron chi connectivity index (χ2n) is 9.79. The monoisotopic (exact) mass is 496 g/mol. The number of carbonyl (C=O) groups is 2. The van der Waals surface area contributed by atoms with Crippen molar-refractivity contribution < 1.29 is 29.1 Å². The van der Waals surface area contributed by atoms with Crippen LogP contribution in [0.25, 0.3) is 0 Å². The zero-order valence-corrected chi connectivity index (χ0v) is 21.6. The summed E-state index contributed by atoms with van der Waals surface area (Å²) in [4.78, 5) is 28.4. The molecule has 0 aromatic heterocycles. The maximum absolute atomic E-state index is 13.4. The lowest BCUT2D eigenvalue weighted by Crippen LogP contribution is -2.50. The van der Waals surface area contributed by atoms with Gasteiger partial charge in [-0.25, -0.2) is 0 Å². The number of ether oxygens (including phenoxy) is 2. The summed E-state index contributed by atoms with van der Waals surface area (Å²) in [5.74, 6) is -0.458. The molecule has 0 radical (unpaired) electrons. The van der Waals surface area contributed by atoms with Gasteiger partial charge in [0.2, 0.25) is 11.8 Å². The molecule has 2 aromatic carbocycles. The molecule has 36 heavy (non-hydrogen) atoms. The van der Waals surface area contributed by atoms with E-state index < -0.39 is 19.0 Å². The number of rotatable bonds is 11.